The Kier molecular flexibility index (Phi) is 2.14. The highest BCUT2D eigenvalue weighted by atomic mass is 16.4. The van der Waals surface area contributed by atoms with Crippen molar-refractivity contribution >= 4 is 11.6 Å². The molecule has 2 aromatic heterocycles. The quantitative estimate of drug-likeness (QED) is 0.777. The lowest BCUT2D eigenvalue weighted by molar-refractivity contribution is -0.136. The van der Waals surface area contributed by atoms with Gasteiger partial charge in [-0.25, -0.2) is 9.50 Å². The van der Waals surface area contributed by atoms with Crippen molar-refractivity contribution < 1.29 is 9.90 Å². The van der Waals surface area contributed by atoms with Crippen LogP contribution in [-0.4, -0.2) is 25.7 Å². The van der Waals surface area contributed by atoms with Gasteiger partial charge in [-0.1, -0.05) is 0 Å². The predicted octanol–water partition coefficient (Wildman–Crippen LogP) is 0.747. The van der Waals surface area contributed by atoms with Crippen molar-refractivity contribution in [1.82, 2.24) is 14.6 Å². The van der Waals surface area contributed by atoms with Crippen LogP contribution in [0.5, 0.6) is 0 Å². The minimum absolute atomic E-state index is 0.143. The molecule has 5 heteroatoms. The Hall–Kier alpha value is -1.91. The number of pyridine rings is 1. The SMILES string of the molecule is O=C(O)CCc1ccn2ncnc2c1. The molecule has 72 valence electrons. The second-order valence-corrected chi connectivity index (χ2v) is 2.99. The third-order valence-electron chi connectivity index (χ3n) is 1.97. The third kappa shape index (κ3) is 1.71. The molecule has 0 saturated carbocycles. The summed E-state index contributed by atoms with van der Waals surface area (Å²) in [6, 6.07) is 3.70. The summed E-state index contributed by atoms with van der Waals surface area (Å²) in [5, 5.41) is 12.5. The molecule has 2 heterocycles. The van der Waals surface area contributed by atoms with Gasteiger partial charge in [0, 0.05) is 12.6 Å². The molecule has 1 N–H and O–H groups in total. The molecule has 0 bridgehead atoms. The van der Waals surface area contributed by atoms with Crippen LogP contribution in [0.4, 0.5) is 0 Å². The van der Waals surface area contributed by atoms with Crippen molar-refractivity contribution in [1.29, 1.82) is 0 Å². The van der Waals surface area contributed by atoms with Crippen LogP contribution in [0.1, 0.15) is 12.0 Å². The zero-order valence-corrected chi connectivity index (χ0v) is 7.42. The molecule has 0 fully saturated rings. The van der Waals surface area contributed by atoms with Gasteiger partial charge in [0.1, 0.15) is 6.33 Å². The summed E-state index contributed by atoms with van der Waals surface area (Å²) in [7, 11) is 0. The van der Waals surface area contributed by atoms with Gasteiger partial charge < -0.3 is 5.11 Å². The molecule has 0 spiro atoms. The third-order valence-corrected chi connectivity index (χ3v) is 1.97. The van der Waals surface area contributed by atoms with Crippen LogP contribution in [0.25, 0.3) is 5.65 Å². The number of aromatic nitrogens is 3. The van der Waals surface area contributed by atoms with E-state index in [1.807, 2.05) is 12.1 Å². The smallest absolute Gasteiger partial charge is 0.303 e. The fourth-order valence-corrected chi connectivity index (χ4v) is 1.26. The molecule has 0 aliphatic carbocycles. The van der Waals surface area contributed by atoms with E-state index in [0.29, 0.717) is 6.42 Å². The molecule has 0 aliphatic heterocycles. The Balaban J connectivity index is 2.21. The zero-order valence-electron chi connectivity index (χ0n) is 7.42. The highest BCUT2D eigenvalue weighted by Gasteiger charge is 2.01. The Bertz CT molecular complexity index is 464. The number of hydrogen-bond donors (Lipinski definition) is 1. The van der Waals surface area contributed by atoms with Crippen LogP contribution in [0.2, 0.25) is 0 Å². The van der Waals surface area contributed by atoms with Gasteiger partial charge in [0.05, 0.1) is 0 Å². The molecule has 0 radical (unpaired) electrons. The second-order valence-electron chi connectivity index (χ2n) is 2.99. The molecule has 0 amide bonds. The summed E-state index contributed by atoms with van der Waals surface area (Å²) in [6.07, 6.45) is 3.92. The van der Waals surface area contributed by atoms with Crippen LogP contribution in [-0.2, 0) is 11.2 Å². The molecule has 14 heavy (non-hydrogen) atoms. The van der Waals surface area contributed by atoms with Gasteiger partial charge >= 0.3 is 5.97 Å². The first kappa shape index (κ1) is 8.68. The summed E-state index contributed by atoms with van der Waals surface area (Å²) in [5.74, 6) is -0.786. The summed E-state index contributed by atoms with van der Waals surface area (Å²) in [6.45, 7) is 0. The lowest BCUT2D eigenvalue weighted by Crippen LogP contribution is -1.98. The lowest BCUT2D eigenvalue weighted by Gasteiger charge is -1.98. The predicted molar refractivity (Wildman–Crippen MR) is 48.9 cm³/mol. The molecule has 0 aromatic carbocycles. The Morgan fingerprint density at radius 1 is 1.57 bits per heavy atom. The van der Waals surface area contributed by atoms with Crippen molar-refractivity contribution in [2.45, 2.75) is 12.8 Å². The molecule has 5 nitrogen and oxygen atoms in total. The van der Waals surface area contributed by atoms with Gasteiger partial charge in [-0.3, -0.25) is 4.79 Å². The van der Waals surface area contributed by atoms with Crippen LogP contribution < -0.4 is 0 Å². The molecule has 0 saturated heterocycles. The van der Waals surface area contributed by atoms with Gasteiger partial charge in [0.2, 0.25) is 0 Å². The zero-order chi connectivity index (χ0) is 9.97. The average molecular weight is 191 g/mol. The summed E-state index contributed by atoms with van der Waals surface area (Å²) >= 11 is 0. The first-order valence-corrected chi connectivity index (χ1v) is 4.26. The van der Waals surface area contributed by atoms with Crippen LogP contribution in [0, 0.1) is 0 Å². The lowest BCUT2D eigenvalue weighted by atomic mass is 10.1. The van der Waals surface area contributed by atoms with E-state index in [-0.39, 0.29) is 6.42 Å². The first-order chi connectivity index (χ1) is 6.75. The topological polar surface area (TPSA) is 67.5 Å². The van der Waals surface area contributed by atoms with E-state index in [0.717, 1.165) is 11.2 Å². The second kappa shape index (κ2) is 3.45. The monoisotopic (exact) mass is 191 g/mol. The number of carboxylic acid groups (broad SMARTS) is 1. The maximum Gasteiger partial charge on any atom is 0.303 e. The van der Waals surface area contributed by atoms with Crippen LogP contribution >= 0.6 is 0 Å². The highest BCUT2D eigenvalue weighted by Crippen LogP contribution is 2.06. The van der Waals surface area contributed by atoms with E-state index in [4.69, 9.17) is 5.11 Å². The highest BCUT2D eigenvalue weighted by molar-refractivity contribution is 5.67. The fourth-order valence-electron chi connectivity index (χ4n) is 1.26. The Morgan fingerprint density at radius 2 is 2.43 bits per heavy atom. The maximum absolute atomic E-state index is 10.4. The average Bonchev–Trinajstić information content (AvgIpc) is 2.61. The van der Waals surface area contributed by atoms with Crippen LogP contribution in [0.3, 0.4) is 0 Å². The van der Waals surface area contributed by atoms with Gasteiger partial charge in [-0.05, 0) is 24.1 Å². The number of fused-ring (bicyclic) bond motifs is 1. The van der Waals surface area contributed by atoms with E-state index in [1.54, 1.807) is 10.7 Å². The minimum atomic E-state index is -0.786. The molecule has 2 rings (SSSR count). The molecule has 0 unspecified atom stereocenters. The van der Waals surface area contributed by atoms with Gasteiger partial charge in [-0.15, -0.1) is 0 Å². The van der Waals surface area contributed by atoms with E-state index in [2.05, 4.69) is 10.1 Å². The first-order valence-electron chi connectivity index (χ1n) is 4.26. The van der Waals surface area contributed by atoms with Gasteiger partial charge in [0.25, 0.3) is 0 Å². The van der Waals surface area contributed by atoms with E-state index in [1.165, 1.54) is 6.33 Å². The molecule has 2 aromatic rings. The molecule has 0 atom stereocenters. The molecular weight excluding hydrogens is 182 g/mol. The number of nitrogens with zero attached hydrogens (tertiary/aromatic N) is 3. The fraction of sp³-hybridized carbons (Fsp3) is 0.222. The van der Waals surface area contributed by atoms with E-state index in [9.17, 15) is 4.79 Å². The van der Waals surface area contributed by atoms with Crippen molar-refractivity contribution in [3.05, 3.63) is 30.2 Å². The standard InChI is InChI=1S/C9H9N3O2/c13-9(14)2-1-7-3-4-12-8(5-7)10-6-11-12/h3-6H,1-2H2,(H,13,14). The van der Waals surface area contributed by atoms with Crippen LogP contribution in [0.15, 0.2) is 24.7 Å². The Labute approximate surface area is 80.0 Å². The van der Waals surface area contributed by atoms with E-state index >= 15 is 0 Å². The summed E-state index contributed by atoms with van der Waals surface area (Å²) < 4.78 is 1.64. The van der Waals surface area contributed by atoms with Gasteiger partial charge in [0.15, 0.2) is 5.65 Å². The Morgan fingerprint density at radius 3 is 3.21 bits per heavy atom. The van der Waals surface area contributed by atoms with E-state index < -0.39 is 5.97 Å². The van der Waals surface area contributed by atoms with Crippen molar-refractivity contribution in [2.75, 3.05) is 0 Å². The summed E-state index contributed by atoms with van der Waals surface area (Å²) in [4.78, 5) is 14.4. The number of carboxylic acids is 1. The number of rotatable bonds is 3. The van der Waals surface area contributed by atoms with Gasteiger partial charge in [-0.2, -0.15) is 5.10 Å². The largest absolute Gasteiger partial charge is 0.481 e. The normalized spacial score (nSPS) is 10.6. The maximum atomic E-state index is 10.4. The number of aliphatic carboxylic acids is 1. The number of aryl methyl sites for hydroxylation is 1. The molecular formula is C9H9N3O2. The minimum Gasteiger partial charge on any atom is -0.481 e. The number of hydrogen-bond acceptors (Lipinski definition) is 3. The summed E-state index contributed by atoms with van der Waals surface area (Å²) in [5.41, 5.74) is 1.71. The van der Waals surface area contributed by atoms with Crippen molar-refractivity contribution in [2.24, 2.45) is 0 Å². The molecule has 0 aliphatic rings. The number of carbonyl (C=O) groups is 1. The van der Waals surface area contributed by atoms with Crippen molar-refractivity contribution in [3.8, 4) is 0 Å². The van der Waals surface area contributed by atoms with Crippen molar-refractivity contribution in [3.63, 3.8) is 0 Å².